The zero-order valence-corrected chi connectivity index (χ0v) is 8.35. The molecule has 1 aromatic rings. The summed E-state index contributed by atoms with van der Waals surface area (Å²) >= 11 is 0.0735. The van der Waals surface area contributed by atoms with Crippen LogP contribution in [0, 0.1) is 0 Å². The minimum absolute atomic E-state index is 0.0735. The molecule has 0 saturated heterocycles. The van der Waals surface area contributed by atoms with E-state index in [4.69, 9.17) is 0 Å². The third kappa shape index (κ3) is 2.90. The molecule has 0 unspecified atom stereocenters. The normalized spacial score (nSPS) is 11.3. The summed E-state index contributed by atoms with van der Waals surface area (Å²) in [5.74, 6) is 0. The van der Waals surface area contributed by atoms with Crippen LogP contribution in [0.4, 0.5) is 13.2 Å². The average Bonchev–Trinajstić information content (AvgIpc) is 2.04. The van der Waals surface area contributed by atoms with Gasteiger partial charge in [-0.25, -0.2) is 0 Å². The predicted molar refractivity (Wildman–Crippen MR) is 47.0 cm³/mol. The maximum absolute atomic E-state index is 12.1. The van der Waals surface area contributed by atoms with Gasteiger partial charge in [0.25, 0.3) is 0 Å². The molecule has 4 heteroatoms. The molecule has 0 amide bonds. The van der Waals surface area contributed by atoms with Crippen molar-refractivity contribution in [2.24, 2.45) is 0 Å². The van der Waals surface area contributed by atoms with Gasteiger partial charge >= 0.3 is 80.1 Å². The van der Waals surface area contributed by atoms with Crippen LogP contribution < -0.4 is 4.46 Å². The van der Waals surface area contributed by atoms with Crippen molar-refractivity contribution in [3.8, 4) is 0 Å². The van der Waals surface area contributed by atoms with Gasteiger partial charge in [0, 0.05) is 0 Å². The van der Waals surface area contributed by atoms with Gasteiger partial charge in [-0.1, -0.05) is 0 Å². The summed E-state index contributed by atoms with van der Waals surface area (Å²) in [6.45, 7) is 3.53. The van der Waals surface area contributed by atoms with Crippen molar-refractivity contribution < 1.29 is 13.2 Å². The SMILES string of the molecule is C=C[Se]c1ccc(C(F)(F)F)cc1. The molecule has 0 aromatic heterocycles. The molecule has 0 aliphatic heterocycles. The molecule has 0 bridgehead atoms. The van der Waals surface area contributed by atoms with E-state index in [9.17, 15) is 13.2 Å². The van der Waals surface area contributed by atoms with Gasteiger partial charge in [-0.2, -0.15) is 0 Å². The Morgan fingerprint density at radius 2 is 1.69 bits per heavy atom. The summed E-state index contributed by atoms with van der Waals surface area (Å²) in [6, 6.07) is 5.18. The van der Waals surface area contributed by atoms with Crippen molar-refractivity contribution in [2.75, 3.05) is 0 Å². The fourth-order valence-electron chi connectivity index (χ4n) is 0.819. The molecule has 0 spiro atoms. The van der Waals surface area contributed by atoms with Crippen molar-refractivity contribution in [2.45, 2.75) is 6.18 Å². The summed E-state index contributed by atoms with van der Waals surface area (Å²) in [7, 11) is 0. The van der Waals surface area contributed by atoms with Crippen LogP contribution in [0.2, 0.25) is 0 Å². The Kier molecular flexibility index (Phi) is 3.17. The number of hydrogen-bond donors (Lipinski definition) is 0. The quantitative estimate of drug-likeness (QED) is 0.707. The van der Waals surface area contributed by atoms with E-state index in [1.54, 1.807) is 4.97 Å². The van der Waals surface area contributed by atoms with Gasteiger partial charge < -0.3 is 0 Å². The zero-order chi connectivity index (χ0) is 9.90. The predicted octanol–water partition coefficient (Wildman–Crippen LogP) is 2.18. The second-order valence-corrected chi connectivity index (χ2v) is 4.49. The summed E-state index contributed by atoms with van der Waals surface area (Å²) in [6.07, 6.45) is -4.24. The Bertz CT molecular complexity index is 287. The molecular weight excluding hydrogens is 244 g/mol. The van der Waals surface area contributed by atoms with Crippen LogP contribution in [0.5, 0.6) is 0 Å². The number of alkyl halides is 3. The van der Waals surface area contributed by atoms with E-state index in [0.717, 1.165) is 16.6 Å². The molecule has 0 aliphatic rings. The van der Waals surface area contributed by atoms with E-state index in [-0.39, 0.29) is 15.0 Å². The van der Waals surface area contributed by atoms with Crippen molar-refractivity contribution in [1.82, 2.24) is 0 Å². The third-order valence-corrected chi connectivity index (χ3v) is 2.89. The van der Waals surface area contributed by atoms with Gasteiger partial charge in [0.15, 0.2) is 0 Å². The molecule has 0 aliphatic carbocycles. The minimum atomic E-state index is -4.24. The topological polar surface area (TPSA) is 0 Å². The molecule has 0 heterocycles. The monoisotopic (exact) mass is 252 g/mol. The van der Waals surface area contributed by atoms with E-state index >= 15 is 0 Å². The molecule has 0 nitrogen and oxygen atoms in total. The van der Waals surface area contributed by atoms with E-state index in [1.165, 1.54) is 12.1 Å². The molecular formula is C9H7F3Se. The van der Waals surface area contributed by atoms with Crippen molar-refractivity contribution >= 4 is 19.4 Å². The third-order valence-electron chi connectivity index (χ3n) is 1.40. The first-order valence-electron chi connectivity index (χ1n) is 3.49. The van der Waals surface area contributed by atoms with Gasteiger partial charge in [0.05, 0.1) is 0 Å². The Morgan fingerprint density at radius 1 is 1.15 bits per heavy atom. The van der Waals surface area contributed by atoms with Crippen molar-refractivity contribution in [3.63, 3.8) is 0 Å². The molecule has 0 saturated carbocycles. The number of rotatable bonds is 2. The first kappa shape index (κ1) is 10.4. The Labute approximate surface area is 80.6 Å². The maximum atomic E-state index is 12.1. The van der Waals surface area contributed by atoms with Gasteiger partial charge in [0.1, 0.15) is 0 Å². The first-order chi connectivity index (χ1) is 6.04. The standard InChI is InChI=1S/C9H7F3Se/c1-2-13-8-5-3-7(4-6-8)9(10,11)12/h2-6H,1H2. The molecule has 0 radical (unpaired) electrons. The summed E-state index contributed by atoms with van der Waals surface area (Å²) in [5, 5.41) is 0. The van der Waals surface area contributed by atoms with Gasteiger partial charge in [0.2, 0.25) is 0 Å². The molecule has 1 aromatic carbocycles. The van der Waals surface area contributed by atoms with Gasteiger partial charge in [-0.05, 0) is 0 Å². The molecule has 13 heavy (non-hydrogen) atoms. The zero-order valence-electron chi connectivity index (χ0n) is 6.64. The van der Waals surface area contributed by atoms with Crippen LogP contribution in [-0.4, -0.2) is 15.0 Å². The van der Waals surface area contributed by atoms with E-state index in [0.29, 0.717) is 0 Å². The fraction of sp³-hybridized carbons (Fsp3) is 0.111. The molecule has 1 rings (SSSR count). The van der Waals surface area contributed by atoms with Crippen LogP contribution >= 0.6 is 0 Å². The van der Waals surface area contributed by atoms with E-state index < -0.39 is 11.7 Å². The average molecular weight is 251 g/mol. The van der Waals surface area contributed by atoms with Crippen molar-refractivity contribution in [3.05, 3.63) is 41.4 Å². The Hall–Kier alpha value is -0.731. The van der Waals surface area contributed by atoms with Crippen LogP contribution in [0.25, 0.3) is 0 Å². The van der Waals surface area contributed by atoms with Crippen molar-refractivity contribution in [1.29, 1.82) is 0 Å². The molecule has 70 valence electrons. The second-order valence-electron chi connectivity index (χ2n) is 2.31. The summed E-state index contributed by atoms with van der Waals surface area (Å²) in [4.78, 5) is 1.72. The number of benzene rings is 1. The molecule has 0 fully saturated rings. The summed E-state index contributed by atoms with van der Waals surface area (Å²) in [5.41, 5.74) is -0.601. The Balaban J connectivity index is 2.87. The first-order valence-corrected chi connectivity index (χ1v) is 5.33. The number of hydrogen-bond acceptors (Lipinski definition) is 0. The van der Waals surface area contributed by atoms with Crippen LogP contribution in [0.1, 0.15) is 5.56 Å². The van der Waals surface area contributed by atoms with E-state index in [2.05, 4.69) is 6.58 Å². The molecule has 0 N–H and O–H groups in total. The molecule has 0 atom stereocenters. The van der Waals surface area contributed by atoms with Crippen LogP contribution in [0.15, 0.2) is 35.8 Å². The summed E-state index contributed by atoms with van der Waals surface area (Å²) < 4.78 is 37.2. The second kappa shape index (κ2) is 3.99. The van der Waals surface area contributed by atoms with Crippen LogP contribution in [0.3, 0.4) is 0 Å². The van der Waals surface area contributed by atoms with E-state index in [1.807, 2.05) is 0 Å². The van der Waals surface area contributed by atoms with Crippen LogP contribution in [-0.2, 0) is 6.18 Å². The Morgan fingerprint density at radius 3 is 2.08 bits per heavy atom. The van der Waals surface area contributed by atoms with Gasteiger partial charge in [-0.15, -0.1) is 0 Å². The fourth-order valence-corrected chi connectivity index (χ4v) is 1.84. The van der Waals surface area contributed by atoms with Gasteiger partial charge in [-0.3, -0.25) is 0 Å². The number of halogens is 3.